The fourth-order valence-electron chi connectivity index (χ4n) is 3.79. The van der Waals surface area contributed by atoms with Crippen LogP contribution in [0.3, 0.4) is 0 Å². The van der Waals surface area contributed by atoms with E-state index in [2.05, 4.69) is 65.0 Å². The Labute approximate surface area is 148 Å². The molecule has 0 spiro atoms. The Kier molecular flexibility index (Phi) is 4.15. The van der Waals surface area contributed by atoms with E-state index in [4.69, 9.17) is 0 Å². The number of hydrogen-bond donors (Lipinski definition) is 0. The summed E-state index contributed by atoms with van der Waals surface area (Å²) in [7, 11) is 0. The van der Waals surface area contributed by atoms with Crippen molar-refractivity contribution >= 4 is 11.6 Å². The Hall–Kier alpha value is -2.43. The molecule has 0 unspecified atom stereocenters. The standard InChI is InChI=1S/C20H25N5/c1-4-6-17-12-19(25-20(23-17)21-13-22-25)24-10-5-7-18(24)16-9-8-14(2)15(3)11-16/h8-9,11-13,18H,4-7,10H2,1-3H3/t18-/m0/s1. The third-order valence-corrected chi connectivity index (χ3v) is 5.26. The minimum absolute atomic E-state index is 0.392. The van der Waals surface area contributed by atoms with Crippen LogP contribution in [0.15, 0.2) is 30.6 Å². The van der Waals surface area contributed by atoms with Crippen molar-refractivity contribution in [1.82, 2.24) is 19.6 Å². The van der Waals surface area contributed by atoms with Gasteiger partial charge in [0.05, 0.1) is 6.04 Å². The molecule has 25 heavy (non-hydrogen) atoms. The van der Waals surface area contributed by atoms with E-state index < -0.39 is 0 Å². The summed E-state index contributed by atoms with van der Waals surface area (Å²) in [6.07, 6.45) is 6.02. The highest BCUT2D eigenvalue weighted by atomic mass is 15.4. The molecule has 4 rings (SSSR count). The van der Waals surface area contributed by atoms with Gasteiger partial charge in [0, 0.05) is 18.3 Å². The van der Waals surface area contributed by atoms with E-state index in [0.29, 0.717) is 11.8 Å². The Morgan fingerprint density at radius 1 is 1.16 bits per heavy atom. The first kappa shape index (κ1) is 16.1. The predicted octanol–water partition coefficient (Wildman–Crippen LogP) is 4.04. The zero-order chi connectivity index (χ0) is 17.4. The van der Waals surface area contributed by atoms with Gasteiger partial charge in [-0.1, -0.05) is 31.5 Å². The second-order valence-electron chi connectivity index (χ2n) is 7.02. The number of benzene rings is 1. The SMILES string of the molecule is CCCc1cc(N2CCC[C@H]2c2ccc(C)c(C)c2)n2ncnc2n1. The monoisotopic (exact) mass is 335 g/mol. The molecule has 3 aromatic rings. The lowest BCUT2D eigenvalue weighted by atomic mass is 9.99. The van der Waals surface area contributed by atoms with Crippen molar-refractivity contribution in [3.8, 4) is 0 Å². The summed E-state index contributed by atoms with van der Waals surface area (Å²) in [5.74, 6) is 1.82. The highest BCUT2D eigenvalue weighted by Gasteiger charge is 2.29. The van der Waals surface area contributed by atoms with Crippen molar-refractivity contribution in [3.63, 3.8) is 0 Å². The molecule has 0 radical (unpaired) electrons. The lowest BCUT2D eigenvalue weighted by Crippen LogP contribution is -2.25. The van der Waals surface area contributed by atoms with Crippen molar-refractivity contribution < 1.29 is 0 Å². The highest BCUT2D eigenvalue weighted by molar-refractivity contribution is 5.51. The maximum atomic E-state index is 4.64. The van der Waals surface area contributed by atoms with Crippen LogP contribution in [0.25, 0.3) is 5.78 Å². The molecule has 0 amide bonds. The maximum absolute atomic E-state index is 4.64. The van der Waals surface area contributed by atoms with Crippen molar-refractivity contribution in [1.29, 1.82) is 0 Å². The molecule has 5 nitrogen and oxygen atoms in total. The second-order valence-corrected chi connectivity index (χ2v) is 7.02. The molecule has 0 aliphatic carbocycles. The summed E-state index contributed by atoms with van der Waals surface area (Å²) >= 11 is 0. The van der Waals surface area contributed by atoms with E-state index in [1.807, 2.05) is 4.52 Å². The van der Waals surface area contributed by atoms with Gasteiger partial charge in [-0.15, -0.1) is 0 Å². The van der Waals surface area contributed by atoms with E-state index in [1.165, 1.54) is 29.5 Å². The number of fused-ring (bicyclic) bond motifs is 1. The van der Waals surface area contributed by atoms with Gasteiger partial charge in [0.1, 0.15) is 12.1 Å². The van der Waals surface area contributed by atoms with Crippen LogP contribution in [-0.4, -0.2) is 26.1 Å². The maximum Gasteiger partial charge on any atom is 0.254 e. The fourth-order valence-corrected chi connectivity index (χ4v) is 3.79. The molecular formula is C20H25N5. The van der Waals surface area contributed by atoms with Crippen molar-refractivity contribution in [2.24, 2.45) is 0 Å². The minimum Gasteiger partial charge on any atom is -0.349 e. The van der Waals surface area contributed by atoms with Gasteiger partial charge in [0.2, 0.25) is 0 Å². The van der Waals surface area contributed by atoms with Crippen LogP contribution in [0, 0.1) is 13.8 Å². The first-order chi connectivity index (χ1) is 12.2. The molecule has 2 aromatic heterocycles. The largest absolute Gasteiger partial charge is 0.349 e. The predicted molar refractivity (Wildman–Crippen MR) is 100 cm³/mol. The third kappa shape index (κ3) is 2.88. The average molecular weight is 335 g/mol. The third-order valence-electron chi connectivity index (χ3n) is 5.26. The van der Waals surface area contributed by atoms with Crippen molar-refractivity contribution in [2.75, 3.05) is 11.4 Å². The molecule has 0 bridgehead atoms. The van der Waals surface area contributed by atoms with Crippen LogP contribution in [0.2, 0.25) is 0 Å². The Morgan fingerprint density at radius 3 is 2.84 bits per heavy atom. The second kappa shape index (κ2) is 6.47. The van der Waals surface area contributed by atoms with E-state index in [-0.39, 0.29) is 0 Å². The van der Waals surface area contributed by atoms with Crippen molar-refractivity contribution in [3.05, 3.63) is 53.0 Å². The zero-order valence-corrected chi connectivity index (χ0v) is 15.2. The number of anilines is 1. The molecule has 5 heteroatoms. The van der Waals surface area contributed by atoms with Crippen LogP contribution in [0.1, 0.15) is 54.6 Å². The molecule has 1 aromatic carbocycles. The Morgan fingerprint density at radius 2 is 2.04 bits per heavy atom. The van der Waals surface area contributed by atoms with E-state index in [9.17, 15) is 0 Å². The van der Waals surface area contributed by atoms with Gasteiger partial charge in [-0.2, -0.15) is 14.6 Å². The summed E-state index contributed by atoms with van der Waals surface area (Å²) in [6.45, 7) is 7.59. The Bertz CT molecular complexity index is 898. The fraction of sp³-hybridized carbons (Fsp3) is 0.450. The zero-order valence-electron chi connectivity index (χ0n) is 15.2. The van der Waals surface area contributed by atoms with E-state index in [0.717, 1.165) is 30.9 Å². The first-order valence-corrected chi connectivity index (χ1v) is 9.21. The normalized spacial score (nSPS) is 17.6. The summed E-state index contributed by atoms with van der Waals surface area (Å²) in [4.78, 5) is 11.5. The molecule has 3 heterocycles. The summed E-state index contributed by atoms with van der Waals surface area (Å²) in [5.41, 5.74) is 5.20. The van der Waals surface area contributed by atoms with Gasteiger partial charge in [0.15, 0.2) is 0 Å². The minimum atomic E-state index is 0.392. The number of aromatic nitrogens is 4. The molecular weight excluding hydrogens is 310 g/mol. The van der Waals surface area contributed by atoms with E-state index in [1.54, 1.807) is 6.33 Å². The number of nitrogens with zero attached hydrogens (tertiary/aromatic N) is 5. The Balaban J connectivity index is 1.78. The van der Waals surface area contributed by atoms with Gasteiger partial charge in [-0.25, -0.2) is 4.98 Å². The molecule has 1 aliphatic heterocycles. The lowest BCUT2D eigenvalue weighted by Gasteiger charge is -2.28. The molecule has 1 aliphatic rings. The quantitative estimate of drug-likeness (QED) is 0.722. The molecule has 1 saturated heterocycles. The van der Waals surface area contributed by atoms with Gasteiger partial charge in [0.25, 0.3) is 5.78 Å². The number of hydrogen-bond acceptors (Lipinski definition) is 4. The lowest BCUT2D eigenvalue weighted by molar-refractivity contribution is 0.694. The van der Waals surface area contributed by atoms with Gasteiger partial charge in [-0.3, -0.25) is 0 Å². The smallest absolute Gasteiger partial charge is 0.254 e. The molecule has 1 atom stereocenters. The first-order valence-electron chi connectivity index (χ1n) is 9.21. The van der Waals surface area contributed by atoms with Crippen LogP contribution >= 0.6 is 0 Å². The summed E-state index contributed by atoms with van der Waals surface area (Å²) < 4.78 is 1.89. The van der Waals surface area contributed by atoms with Crippen LogP contribution in [0.5, 0.6) is 0 Å². The molecule has 1 fully saturated rings. The van der Waals surface area contributed by atoms with Crippen molar-refractivity contribution in [2.45, 2.75) is 52.5 Å². The average Bonchev–Trinajstić information content (AvgIpc) is 3.26. The summed E-state index contributed by atoms with van der Waals surface area (Å²) in [5, 5.41) is 4.43. The molecule has 0 N–H and O–H groups in total. The van der Waals surface area contributed by atoms with E-state index >= 15 is 0 Å². The van der Waals surface area contributed by atoms with Crippen LogP contribution in [-0.2, 0) is 6.42 Å². The highest BCUT2D eigenvalue weighted by Crippen LogP contribution is 2.36. The molecule has 130 valence electrons. The number of aryl methyl sites for hydroxylation is 3. The van der Waals surface area contributed by atoms with Gasteiger partial charge < -0.3 is 4.90 Å². The molecule has 0 saturated carbocycles. The van der Waals surface area contributed by atoms with Gasteiger partial charge in [-0.05, 0) is 49.8 Å². The van der Waals surface area contributed by atoms with Crippen LogP contribution < -0.4 is 4.90 Å². The summed E-state index contributed by atoms with van der Waals surface area (Å²) in [6, 6.07) is 9.44. The van der Waals surface area contributed by atoms with Gasteiger partial charge >= 0.3 is 0 Å². The number of rotatable bonds is 4. The topological polar surface area (TPSA) is 46.3 Å². The van der Waals surface area contributed by atoms with Crippen LogP contribution in [0.4, 0.5) is 5.82 Å².